The lowest BCUT2D eigenvalue weighted by Crippen LogP contribution is -2.29. The van der Waals surface area contributed by atoms with E-state index in [1.54, 1.807) is 0 Å². The normalized spacial score (nSPS) is 11.0. The van der Waals surface area contributed by atoms with Gasteiger partial charge in [-0.1, -0.05) is 23.7 Å². The van der Waals surface area contributed by atoms with Gasteiger partial charge in [-0.3, -0.25) is 9.59 Å². The maximum absolute atomic E-state index is 13.4. The number of carbonyl (C=O) groups is 2. The summed E-state index contributed by atoms with van der Waals surface area (Å²) in [6.45, 7) is 0. The molecule has 0 radical (unpaired) electrons. The van der Waals surface area contributed by atoms with E-state index in [0.29, 0.717) is 6.07 Å². The summed E-state index contributed by atoms with van der Waals surface area (Å²) in [5, 5.41) is 3.77. The average molecular weight is 361 g/mol. The Kier molecular flexibility index (Phi) is 5.08. The zero-order valence-corrected chi connectivity index (χ0v) is 12.5. The number of halogens is 5. The minimum atomic E-state index is -4.64. The zero-order chi connectivity index (χ0) is 17.9. The molecule has 0 heterocycles. The Balaban J connectivity index is 2.15. The van der Waals surface area contributed by atoms with Gasteiger partial charge >= 0.3 is 18.0 Å². The largest absolute Gasteiger partial charge is 0.416 e. The van der Waals surface area contributed by atoms with E-state index >= 15 is 0 Å². The lowest BCUT2D eigenvalue weighted by molar-refractivity contribution is -0.137. The van der Waals surface area contributed by atoms with E-state index in [-0.39, 0.29) is 16.4 Å². The highest BCUT2D eigenvalue weighted by Gasteiger charge is 2.31. The maximum atomic E-state index is 13.4. The molecule has 0 spiro atoms. The van der Waals surface area contributed by atoms with Crippen LogP contribution in [0.5, 0.6) is 0 Å². The molecule has 0 saturated carbocycles. The molecule has 2 N–H and O–H groups in total. The van der Waals surface area contributed by atoms with E-state index < -0.39 is 29.4 Å². The van der Waals surface area contributed by atoms with Gasteiger partial charge in [-0.15, -0.1) is 0 Å². The minimum absolute atomic E-state index is 0.185. The Morgan fingerprint density at radius 2 is 1.50 bits per heavy atom. The van der Waals surface area contributed by atoms with E-state index in [9.17, 15) is 27.2 Å². The third kappa shape index (κ3) is 4.23. The monoisotopic (exact) mass is 360 g/mol. The molecule has 2 aromatic rings. The van der Waals surface area contributed by atoms with Crippen molar-refractivity contribution in [2.24, 2.45) is 0 Å². The molecule has 24 heavy (non-hydrogen) atoms. The van der Waals surface area contributed by atoms with Crippen molar-refractivity contribution in [2.45, 2.75) is 6.18 Å². The van der Waals surface area contributed by atoms with Gasteiger partial charge in [0.1, 0.15) is 5.82 Å². The van der Waals surface area contributed by atoms with E-state index in [4.69, 9.17) is 11.6 Å². The average Bonchev–Trinajstić information content (AvgIpc) is 2.50. The molecule has 2 aromatic carbocycles. The van der Waals surface area contributed by atoms with Gasteiger partial charge in [0.25, 0.3) is 0 Å². The van der Waals surface area contributed by atoms with Crippen molar-refractivity contribution in [3.63, 3.8) is 0 Å². The van der Waals surface area contributed by atoms with Crippen LogP contribution in [0.15, 0.2) is 42.5 Å². The van der Waals surface area contributed by atoms with Crippen molar-refractivity contribution in [2.75, 3.05) is 10.6 Å². The van der Waals surface area contributed by atoms with E-state index in [0.717, 1.165) is 18.2 Å². The number of anilines is 2. The highest BCUT2D eigenvalue weighted by atomic mass is 35.5. The molecule has 2 amide bonds. The molecule has 9 heteroatoms. The first-order chi connectivity index (χ1) is 11.2. The first kappa shape index (κ1) is 17.7. The van der Waals surface area contributed by atoms with Gasteiger partial charge in [0.05, 0.1) is 22.0 Å². The van der Waals surface area contributed by atoms with Crippen LogP contribution in [0.3, 0.4) is 0 Å². The number of carbonyl (C=O) groups excluding carboxylic acids is 2. The van der Waals surface area contributed by atoms with Gasteiger partial charge in [0, 0.05) is 0 Å². The third-order valence-electron chi connectivity index (χ3n) is 2.87. The van der Waals surface area contributed by atoms with Crippen molar-refractivity contribution in [1.82, 2.24) is 0 Å². The van der Waals surface area contributed by atoms with Crippen molar-refractivity contribution in [3.8, 4) is 0 Å². The predicted octanol–water partition coefficient (Wildman–Crippen LogP) is 4.08. The fourth-order valence-electron chi connectivity index (χ4n) is 1.72. The number of para-hydroxylation sites is 1. The second-order valence-corrected chi connectivity index (χ2v) is 4.99. The molecule has 0 fully saturated rings. The fraction of sp³-hybridized carbons (Fsp3) is 0.0667. The SMILES string of the molecule is O=C(Nc1ccccc1F)C(=O)Nc1cc(C(F)(F)F)ccc1Cl. The lowest BCUT2D eigenvalue weighted by Gasteiger charge is -2.11. The second-order valence-electron chi connectivity index (χ2n) is 4.58. The van der Waals surface area contributed by atoms with Gasteiger partial charge < -0.3 is 10.6 Å². The molecule has 0 aliphatic carbocycles. The number of nitrogens with one attached hydrogen (secondary N) is 2. The van der Waals surface area contributed by atoms with Gasteiger partial charge in [-0.2, -0.15) is 13.2 Å². The zero-order valence-electron chi connectivity index (χ0n) is 11.7. The Labute approximate surface area is 138 Å². The van der Waals surface area contributed by atoms with Crippen molar-refractivity contribution >= 4 is 34.8 Å². The van der Waals surface area contributed by atoms with Crippen molar-refractivity contribution in [3.05, 3.63) is 58.9 Å². The maximum Gasteiger partial charge on any atom is 0.416 e. The van der Waals surface area contributed by atoms with Crippen LogP contribution < -0.4 is 10.6 Å². The molecule has 0 aliphatic heterocycles. The van der Waals surface area contributed by atoms with Crippen LogP contribution in [-0.2, 0) is 15.8 Å². The van der Waals surface area contributed by atoms with Gasteiger partial charge in [-0.25, -0.2) is 4.39 Å². The standard InChI is InChI=1S/C15H9ClF4N2O2/c16-9-6-5-8(15(18,19)20)7-12(9)22-14(24)13(23)21-11-4-2-1-3-10(11)17/h1-7H,(H,21,23)(H,22,24). The highest BCUT2D eigenvalue weighted by molar-refractivity contribution is 6.44. The molecular formula is C15H9ClF4N2O2. The molecule has 4 nitrogen and oxygen atoms in total. The fourth-order valence-corrected chi connectivity index (χ4v) is 1.88. The van der Waals surface area contributed by atoms with Crippen LogP contribution >= 0.6 is 11.6 Å². The minimum Gasteiger partial charge on any atom is -0.316 e. The van der Waals surface area contributed by atoms with Crippen LogP contribution in [0.25, 0.3) is 0 Å². The number of hydrogen-bond donors (Lipinski definition) is 2. The van der Waals surface area contributed by atoms with E-state index in [2.05, 4.69) is 0 Å². The molecule has 0 atom stereocenters. The van der Waals surface area contributed by atoms with E-state index in [1.807, 2.05) is 10.6 Å². The summed E-state index contributed by atoms with van der Waals surface area (Å²) in [5.74, 6) is -3.32. The van der Waals surface area contributed by atoms with Crippen LogP contribution in [0.1, 0.15) is 5.56 Å². The Bertz CT molecular complexity index is 793. The summed E-state index contributed by atoms with van der Waals surface area (Å²) in [4.78, 5) is 23.5. The molecule has 0 unspecified atom stereocenters. The number of amides is 2. The number of alkyl halides is 3. The quantitative estimate of drug-likeness (QED) is 0.626. The van der Waals surface area contributed by atoms with Crippen molar-refractivity contribution in [1.29, 1.82) is 0 Å². The molecule has 0 aromatic heterocycles. The summed E-state index contributed by atoms with van der Waals surface area (Å²) in [7, 11) is 0. The predicted molar refractivity (Wildman–Crippen MR) is 80.1 cm³/mol. The van der Waals surface area contributed by atoms with Crippen molar-refractivity contribution < 1.29 is 27.2 Å². The molecular weight excluding hydrogens is 352 g/mol. The number of rotatable bonds is 2. The third-order valence-corrected chi connectivity index (χ3v) is 3.20. The molecule has 0 bridgehead atoms. The van der Waals surface area contributed by atoms with Crippen LogP contribution in [0.4, 0.5) is 28.9 Å². The molecule has 2 rings (SSSR count). The van der Waals surface area contributed by atoms with Crippen LogP contribution in [0.2, 0.25) is 5.02 Å². The Morgan fingerprint density at radius 3 is 2.08 bits per heavy atom. The summed E-state index contributed by atoms with van der Waals surface area (Å²) in [6.07, 6.45) is -4.64. The van der Waals surface area contributed by atoms with Gasteiger partial charge in [0.15, 0.2) is 0 Å². The molecule has 0 aliphatic rings. The number of hydrogen-bond acceptors (Lipinski definition) is 2. The van der Waals surface area contributed by atoms with Gasteiger partial charge in [0.2, 0.25) is 0 Å². The van der Waals surface area contributed by atoms with Crippen LogP contribution in [0, 0.1) is 5.82 Å². The molecule has 0 saturated heterocycles. The summed E-state index contributed by atoms with van der Waals surface area (Å²) < 4.78 is 51.3. The first-order valence-corrected chi connectivity index (χ1v) is 6.80. The van der Waals surface area contributed by atoms with Gasteiger partial charge in [-0.05, 0) is 30.3 Å². The summed E-state index contributed by atoms with van der Waals surface area (Å²) in [6, 6.07) is 7.37. The Hall–Kier alpha value is -2.61. The Morgan fingerprint density at radius 1 is 0.917 bits per heavy atom. The summed E-state index contributed by atoms with van der Waals surface area (Å²) >= 11 is 5.71. The highest BCUT2D eigenvalue weighted by Crippen LogP contribution is 2.33. The number of benzene rings is 2. The lowest BCUT2D eigenvalue weighted by atomic mass is 10.2. The van der Waals surface area contributed by atoms with Crippen LogP contribution in [-0.4, -0.2) is 11.8 Å². The smallest absolute Gasteiger partial charge is 0.316 e. The first-order valence-electron chi connectivity index (χ1n) is 6.42. The van der Waals surface area contributed by atoms with E-state index in [1.165, 1.54) is 18.2 Å². The molecule has 126 valence electrons. The summed E-state index contributed by atoms with van der Waals surface area (Å²) in [5.41, 5.74) is -1.68. The second kappa shape index (κ2) is 6.88. The topological polar surface area (TPSA) is 58.2 Å².